The first-order valence-electron chi connectivity index (χ1n) is 7.88. The van der Waals surface area contributed by atoms with Crippen molar-refractivity contribution in [2.75, 3.05) is 6.54 Å². The third-order valence-electron chi connectivity index (χ3n) is 4.51. The number of carbonyl (C=O) groups excluding carboxylic acids is 3. The fraction of sp³-hybridized carbons (Fsp3) is 0.389. The van der Waals surface area contributed by atoms with Crippen LogP contribution in [-0.4, -0.2) is 29.2 Å². The molecule has 23 heavy (non-hydrogen) atoms. The van der Waals surface area contributed by atoms with E-state index in [0.717, 1.165) is 16.0 Å². The van der Waals surface area contributed by atoms with Crippen LogP contribution in [0.5, 0.6) is 0 Å². The van der Waals surface area contributed by atoms with Crippen LogP contribution in [-0.2, 0) is 20.9 Å². The predicted molar refractivity (Wildman–Crippen MR) is 85.1 cm³/mol. The van der Waals surface area contributed by atoms with Crippen molar-refractivity contribution < 1.29 is 14.4 Å². The molecule has 0 aromatic heterocycles. The van der Waals surface area contributed by atoms with Gasteiger partial charge in [0.15, 0.2) is 0 Å². The first-order chi connectivity index (χ1) is 11.1. The summed E-state index contributed by atoms with van der Waals surface area (Å²) in [4.78, 5) is 37.8. The lowest BCUT2D eigenvalue weighted by atomic mass is 9.85. The number of benzene rings is 1. The molecular weight excluding hydrogens is 292 g/mol. The molecule has 0 spiro atoms. The number of likely N-dealkylation sites (tertiary alicyclic amines) is 1. The van der Waals surface area contributed by atoms with Crippen LogP contribution in [0.15, 0.2) is 36.4 Å². The minimum absolute atomic E-state index is 0.184. The number of nitrogens with zero attached hydrogens (tertiary/aromatic N) is 1. The van der Waals surface area contributed by atoms with Crippen LogP contribution in [0, 0.1) is 18.8 Å². The van der Waals surface area contributed by atoms with Crippen molar-refractivity contribution in [2.24, 2.45) is 11.8 Å². The molecule has 5 nitrogen and oxygen atoms in total. The van der Waals surface area contributed by atoms with Gasteiger partial charge in [0.2, 0.25) is 17.7 Å². The third kappa shape index (κ3) is 3.18. The van der Waals surface area contributed by atoms with Crippen molar-refractivity contribution in [1.82, 2.24) is 10.2 Å². The van der Waals surface area contributed by atoms with Gasteiger partial charge in [0.1, 0.15) is 6.54 Å². The topological polar surface area (TPSA) is 66.5 Å². The molecule has 5 heteroatoms. The van der Waals surface area contributed by atoms with E-state index in [-0.39, 0.29) is 36.1 Å². The lowest BCUT2D eigenvalue weighted by Gasteiger charge is -2.14. The van der Waals surface area contributed by atoms with Crippen molar-refractivity contribution in [3.8, 4) is 0 Å². The van der Waals surface area contributed by atoms with Crippen molar-refractivity contribution in [2.45, 2.75) is 26.3 Å². The molecule has 1 aromatic carbocycles. The summed E-state index contributed by atoms with van der Waals surface area (Å²) in [7, 11) is 0. The first-order valence-corrected chi connectivity index (χ1v) is 7.88. The van der Waals surface area contributed by atoms with Crippen LogP contribution in [0.3, 0.4) is 0 Å². The normalized spacial score (nSPS) is 23.1. The van der Waals surface area contributed by atoms with E-state index in [9.17, 15) is 14.4 Å². The van der Waals surface area contributed by atoms with Gasteiger partial charge in [0.25, 0.3) is 0 Å². The molecule has 2 atom stereocenters. The van der Waals surface area contributed by atoms with E-state index in [4.69, 9.17) is 0 Å². The molecular formula is C18H20N2O3. The Bertz CT molecular complexity index is 637. The van der Waals surface area contributed by atoms with E-state index in [1.54, 1.807) is 0 Å². The molecule has 0 bridgehead atoms. The van der Waals surface area contributed by atoms with Crippen LogP contribution in [0.4, 0.5) is 0 Å². The number of imide groups is 1. The van der Waals surface area contributed by atoms with E-state index in [2.05, 4.69) is 5.32 Å². The van der Waals surface area contributed by atoms with Crippen LogP contribution in [0.2, 0.25) is 0 Å². The molecule has 1 saturated heterocycles. The third-order valence-corrected chi connectivity index (χ3v) is 4.51. The molecule has 1 aliphatic carbocycles. The van der Waals surface area contributed by atoms with Crippen LogP contribution in [0.25, 0.3) is 0 Å². The van der Waals surface area contributed by atoms with Gasteiger partial charge in [-0.05, 0) is 25.3 Å². The Kier molecular flexibility index (Phi) is 4.28. The van der Waals surface area contributed by atoms with E-state index < -0.39 is 0 Å². The second-order valence-corrected chi connectivity index (χ2v) is 6.18. The minimum atomic E-state index is -0.307. The standard InChI is InChI=1S/C18H20N2O3/c1-12-6-8-13(9-7-12)10-19-16(21)11-20-17(22)14-4-2-3-5-15(14)18(20)23/h2-3,6-9,14-15H,4-5,10-11H2,1H3,(H,19,21)/t14-,15-/m0/s1. The van der Waals surface area contributed by atoms with Crippen LogP contribution < -0.4 is 5.32 Å². The summed E-state index contributed by atoms with van der Waals surface area (Å²) < 4.78 is 0. The molecule has 1 aromatic rings. The van der Waals surface area contributed by atoms with Crippen molar-refractivity contribution in [3.63, 3.8) is 0 Å². The number of fused-ring (bicyclic) bond motifs is 1. The van der Waals surface area contributed by atoms with Crippen molar-refractivity contribution >= 4 is 17.7 Å². The molecule has 0 saturated carbocycles. The highest BCUT2D eigenvalue weighted by Gasteiger charge is 2.47. The maximum atomic E-state index is 12.3. The van der Waals surface area contributed by atoms with E-state index in [1.807, 2.05) is 43.3 Å². The van der Waals surface area contributed by atoms with Gasteiger partial charge in [-0.1, -0.05) is 42.0 Å². The zero-order valence-corrected chi connectivity index (χ0v) is 13.1. The van der Waals surface area contributed by atoms with Crippen molar-refractivity contribution in [3.05, 3.63) is 47.5 Å². The van der Waals surface area contributed by atoms with Crippen molar-refractivity contribution in [1.29, 1.82) is 0 Å². The molecule has 3 amide bonds. The molecule has 3 rings (SSSR count). The smallest absolute Gasteiger partial charge is 0.240 e. The molecule has 1 heterocycles. The lowest BCUT2D eigenvalue weighted by molar-refractivity contribution is -0.143. The molecule has 1 N–H and O–H groups in total. The number of aryl methyl sites for hydroxylation is 1. The second kappa shape index (κ2) is 6.36. The van der Waals surface area contributed by atoms with Gasteiger partial charge in [-0.3, -0.25) is 19.3 Å². The summed E-state index contributed by atoms with van der Waals surface area (Å²) >= 11 is 0. The predicted octanol–water partition coefficient (Wildman–Crippen LogP) is 1.56. The monoisotopic (exact) mass is 312 g/mol. The van der Waals surface area contributed by atoms with Crippen LogP contribution in [0.1, 0.15) is 24.0 Å². The number of amides is 3. The van der Waals surface area contributed by atoms with Gasteiger partial charge >= 0.3 is 0 Å². The van der Waals surface area contributed by atoms with E-state index in [1.165, 1.54) is 0 Å². The molecule has 1 aliphatic heterocycles. The Hall–Kier alpha value is -2.43. The molecule has 0 unspecified atom stereocenters. The fourth-order valence-corrected chi connectivity index (χ4v) is 3.13. The summed E-state index contributed by atoms with van der Waals surface area (Å²) in [6.07, 6.45) is 5.06. The highest BCUT2D eigenvalue weighted by molar-refractivity contribution is 6.07. The zero-order chi connectivity index (χ0) is 16.4. The first kappa shape index (κ1) is 15.5. The van der Waals surface area contributed by atoms with E-state index in [0.29, 0.717) is 19.4 Å². The summed E-state index contributed by atoms with van der Waals surface area (Å²) in [5, 5.41) is 2.77. The largest absolute Gasteiger partial charge is 0.350 e. The molecule has 120 valence electrons. The number of nitrogens with one attached hydrogen (secondary N) is 1. The van der Waals surface area contributed by atoms with E-state index >= 15 is 0 Å². The average molecular weight is 312 g/mol. The summed E-state index contributed by atoms with van der Waals surface area (Å²) in [5.41, 5.74) is 2.14. The number of allylic oxidation sites excluding steroid dienone is 2. The van der Waals surface area contributed by atoms with Gasteiger partial charge in [-0.25, -0.2) is 0 Å². The summed E-state index contributed by atoms with van der Waals surface area (Å²) in [6, 6.07) is 7.85. The molecule has 2 aliphatic rings. The van der Waals surface area contributed by atoms with Crippen LogP contribution >= 0.6 is 0 Å². The highest BCUT2D eigenvalue weighted by atomic mass is 16.2. The second-order valence-electron chi connectivity index (χ2n) is 6.18. The fourth-order valence-electron chi connectivity index (χ4n) is 3.13. The number of carbonyl (C=O) groups is 3. The highest BCUT2D eigenvalue weighted by Crippen LogP contribution is 2.34. The Morgan fingerprint density at radius 1 is 1.09 bits per heavy atom. The lowest BCUT2D eigenvalue weighted by Crippen LogP contribution is -2.40. The Morgan fingerprint density at radius 3 is 2.22 bits per heavy atom. The number of rotatable bonds is 4. The maximum Gasteiger partial charge on any atom is 0.240 e. The Balaban J connectivity index is 1.56. The Morgan fingerprint density at radius 2 is 1.65 bits per heavy atom. The summed E-state index contributed by atoms with van der Waals surface area (Å²) in [6.45, 7) is 2.21. The zero-order valence-electron chi connectivity index (χ0n) is 13.1. The van der Waals surface area contributed by atoms with Gasteiger partial charge < -0.3 is 5.32 Å². The van der Waals surface area contributed by atoms with Gasteiger partial charge in [-0.2, -0.15) is 0 Å². The molecule has 0 radical (unpaired) electrons. The minimum Gasteiger partial charge on any atom is -0.350 e. The summed E-state index contributed by atoms with van der Waals surface area (Å²) in [5.74, 6) is -1.29. The SMILES string of the molecule is Cc1ccc(CNC(=O)CN2C(=O)[C@H]3CC=CC[C@@H]3C2=O)cc1. The Labute approximate surface area is 135 Å². The van der Waals surface area contributed by atoms with Gasteiger partial charge in [-0.15, -0.1) is 0 Å². The molecule has 1 fully saturated rings. The quantitative estimate of drug-likeness (QED) is 0.678. The number of hydrogen-bond acceptors (Lipinski definition) is 3. The maximum absolute atomic E-state index is 12.3. The van der Waals surface area contributed by atoms with Gasteiger partial charge in [0.05, 0.1) is 11.8 Å². The number of hydrogen-bond donors (Lipinski definition) is 1. The average Bonchev–Trinajstić information content (AvgIpc) is 2.80. The van der Waals surface area contributed by atoms with Gasteiger partial charge in [0, 0.05) is 6.54 Å².